The van der Waals surface area contributed by atoms with E-state index in [1.54, 1.807) is 12.1 Å². The van der Waals surface area contributed by atoms with E-state index < -0.39 is 27.4 Å². The zero-order valence-corrected chi connectivity index (χ0v) is 18.0. The fourth-order valence-corrected chi connectivity index (χ4v) is 4.62. The van der Waals surface area contributed by atoms with Crippen LogP contribution in [-0.4, -0.2) is 42.2 Å². The van der Waals surface area contributed by atoms with E-state index in [2.05, 4.69) is 10.1 Å². The molecule has 32 heavy (non-hydrogen) atoms. The van der Waals surface area contributed by atoms with Gasteiger partial charge in [-0.15, -0.1) is 0 Å². The van der Waals surface area contributed by atoms with E-state index in [1.807, 2.05) is 11.8 Å². The summed E-state index contributed by atoms with van der Waals surface area (Å²) in [5.74, 6) is -2.27. The first-order valence-corrected chi connectivity index (χ1v) is 11.5. The normalized spacial score (nSPS) is 16.8. The van der Waals surface area contributed by atoms with Crippen LogP contribution >= 0.6 is 0 Å². The number of carbonyl (C=O) groups is 1. The SMILES string of the molecule is CC1CCCCN1c1ccc(-c2nc(-c3ccc(C(=O)O)c(F)c3)no2)cc1S(N)(=O)=O. The molecule has 1 aromatic heterocycles. The van der Waals surface area contributed by atoms with E-state index in [-0.39, 0.29) is 28.2 Å². The number of anilines is 1. The van der Waals surface area contributed by atoms with Gasteiger partial charge in [0.15, 0.2) is 0 Å². The van der Waals surface area contributed by atoms with Crippen molar-refractivity contribution < 1.29 is 27.2 Å². The molecule has 0 amide bonds. The minimum absolute atomic E-state index is 0.0193. The summed E-state index contributed by atoms with van der Waals surface area (Å²) in [5.41, 5.74) is 0.601. The highest BCUT2D eigenvalue weighted by atomic mass is 32.2. The topological polar surface area (TPSA) is 140 Å². The zero-order chi connectivity index (χ0) is 23.0. The third kappa shape index (κ3) is 4.21. The third-order valence-corrected chi connectivity index (χ3v) is 6.45. The molecule has 1 fully saturated rings. The molecule has 0 saturated carbocycles. The number of sulfonamides is 1. The molecule has 2 heterocycles. The number of piperidine rings is 1. The van der Waals surface area contributed by atoms with Crippen LogP contribution in [0, 0.1) is 5.82 Å². The predicted octanol–water partition coefficient (Wildman–Crippen LogP) is 3.27. The number of hydrogen-bond acceptors (Lipinski definition) is 7. The van der Waals surface area contributed by atoms with Crippen molar-refractivity contribution in [3.63, 3.8) is 0 Å². The van der Waals surface area contributed by atoms with Crippen LogP contribution in [0.5, 0.6) is 0 Å². The number of benzene rings is 2. The van der Waals surface area contributed by atoms with Gasteiger partial charge in [0.1, 0.15) is 10.7 Å². The number of primary sulfonamides is 1. The van der Waals surface area contributed by atoms with E-state index >= 15 is 0 Å². The van der Waals surface area contributed by atoms with Crippen molar-refractivity contribution in [1.82, 2.24) is 10.1 Å². The lowest BCUT2D eigenvalue weighted by Crippen LogP contribution is -2.38. The highest BCUT2D eigenvalue weighted by Gasteiger charge is 2.26. The monoisotopic (exact) mass is 460 g/mol. The molecular formula is C21H21FN4O5S. The summed E-state index contributed by atoms with van der Waals surface area (Å²) < 4.78 is 43.9. The fourth-order valence-electron chi connectivity index (χ4n) is 3.85. The molecule has 1 aliphatic rings. The van der Waals surface area contributed by atoms with Crippen molar-refractivity contribution in [2.45, 2.75) is 37.1 Å². The second-order valence-electron chi connectivity index (χ2n) is 7.69. The first-order chi connectivity index (χ1) is 15.1. The summed E-state index contributed by atoms with van der Waals surface area (Å²) in [4.78, 5) is 17.2. The van der Waals surface area contributed by atoms with Crippen LogP contribution in [0.2, 0.25) is 0 Å². The Balaban J connectivity index is 1.71. The van der Waals surface area contributed by atoms with Crippen LogP contribution < -0.4 is 10.0 Å². The Hall–Kier alpha value is -3.31. The maximum atomic E-state index is 14.0. The Morgan fingerprint density at radius 1 is 1.22 bits per heavy atom. The number of carboxylic acid groups (broad SMARTS) is 1. The van der Waals surface area contributed by atoms with Gasteiger partial charge in [0.05, 0.1) is 11.3 Å². The second-order valence-corrected chi connectivity index (χ2v) is 9.22. The lowest BCUT2D eigenvalue weighted by Gasteiger charge is -2.36. The minimum Gasteiger partial charge on any atom is -0.478 e. The summed E-state index contributed by atoms with van der Waals surface area (Å²) in [6, 6.07) is 8.35. The molecule has 1 aliphatic heterocycles. The van der Waals surface area contributed by atoms with Gasteiger partial charge in [-0.05, 0) is 62.6 Å². The first kappa shape index (κ1) is 21.9. The minimum atomic E-state index is -4.04. The lowest BCUT2D eigenvalue weighted by atomic mass is 10.0. The Labute approximate surface area is 183 Å². The second kappa shape index (κ2) is 8.32. The molecule has 0 bridgehead atoms. The summed E-state index contributed by atoms with van der Waals surface area (Å²) in [5, 5.41) is 18.3. The van der Waals surface area contributed by atoms with Crippen LogP contribution in [0.4, 0.5) is 10.1 Å². The number of rotatable bonds is 5. The quantitative estimate of drug-likeness (QED) is 0.591. The van der Waals surface area contributed by atoms with Crippen LogP contribution in [0.3, 0.4) is 0 Å². The van der Waals surface area contributed by atoms with E-state index in [4.69, 9.17) is 14.8 Å². The molecule has 1 atom stereocenters. The van der Waals surface area contributed by atoms with Crippen LogP contribution in [0.25, 0.3) is 22.8 Å². The molecular weight excluding hydrogens is 439 g/mol. The highest BCUT2D eigenvalue weighted by molar-refractivity contribution is 7.89. The van der Waals surface area contributed by atoms with Crippen LogP contribution in [0.15, 0.2) is 45.8 Å². The Bertz CT molecular complexity index is 1290. The van der Waals surface area contributed by atoms with Crippen molar-refractivity contribution in [2.75, 3.05) is 11.4 Å². The maximum absolute atomic E-state index is 14.0. The van der Waals surface area contributed by atoms with Gasteiger partial charge < -0.3 is 14.5 Å². The van der Waals surface area contributed by atoms with Crippen LogP contribution in [0.1, 0.15) is 36.5 Å². The molecule has 168 valence electrons. The van der Waals surface area contributed by atoms with Gasteiger partial charge in [-0.3, -0.25) is 0 Å². The predicted molar refractivity (Wildman–Crippen MR) is 114 cm³/mol. The molecule has 0 radical (unpaired) electrons. The fraction of sp³-hybridized carbons (Fsp3) is 0.286. The summed E-state index contributed by atoms with van der Waals surface area (Å²) in [6.07, 6.45) is 3.00. The maximum Gasteiger partial charge on any atom is 0.338 e. The molecule has 2 aromatic carbocycles. The van der Waals surface area contributed by atoms with Crippen molar-refractivity contribution in [3.8, 4) is 22.8 Å². The lowest BCUT2D eigenvalue weighted by molar-refractivity contribution is 0.0692. The van der Waals surface area contributed by atoms with Gasteiger partial charge in [0, 0.05) is 23.7 Å². The van der Waals surface area contributed by atoms with Crippen molar-refractivity contribution in [3.05, 3.63) is 47.8 Å². The van der Waals surface area contributed by atoms with Gasteiger partial charge >= 0.3 is 5.97 Å². The average Bonchev–Trinajstić information content (AvgIpc) is 3.23. The molecule has 3 aromatic rings. The van der Waals surface area contributed by atoms with E-state index in [0.29, 0.717) is 11.3 Å². The van der Waals surface area contributed by atoms with Gasteiger partial charge in [0.25, 0.3) is 5.89 Å². The summed E-state index contributed by atoms with van der Waals surface area (Å²) >= 11 is 0. The molecule has 9 nitrogen and oxygen atoms in total. The number of hydrogen-bond donors (Lipinski definition) is 2. The molecule has 1 unspecified atom stereocenters. The largest absolute Gasteiger partial charge is 0.478 e. The third-order valence-electron chi connectivity index (χ3n) is 5.51. The van der Waals surface area contributed by atoms with Crippen molar-refractivity contribution in [2.24, 2.45) is 5.14 Å². The molecule has 0 aliphatic carbocycles. The number of carboxylic acids is 1. The highest BCUT2D eigenvalue weighted by Crippen LogP contribution is 2.34. The summed E-state index contributed by atoms with van der Waals surface area (Å²) in [6.45, 7) is 2.77. The molecule has 1 saturated heterocycles. The van der Waals surface area contributed by atoms with Crippen molar-refractivity contribution in [1.29, 1.82) is 0 Å². The Kier molecular flexibility index (Phi) is 5.70. The molecule has 11 heteroatoms. The molecule has 0 spiro atoms. The van der Waals surface area contributed by atoms with E-state index in [1.165, 1.54) is 12.1 Å². The van der Waals surface area contributed by atoms with E-state index in [0.717, 1.165) is 37.9 Å². The molecule has 3 N–H and O–H groups in total. The van der Waals surface area contributed by atoms with Gasteiger partial charge in [-0.1, -0.05) is 5.16 Å². The number of aromatic carboxylic acids is 1. The number of nitrogens with two attached hydrogens (primary N) is 1. The smallest absolute Gasteiger partial charge is 0.338 e. The first-order valence-electron chi connectivity index (χ1n) is 9.96. The number of halogens is 1. The summed E-state index contributed by atoms with van der Waals surface area (Å²) in [7, 11) is -4.04. The average molecular weight is 460 g/mol. The number of nitrogens with zero attached hydrogens (tertiary/aromatic N) is 3. The van der Waals surface area contributed by atoms with E-state index in [9.17, 15) is 17.6 Å². The van der Waals surface area contributed by atoms with Crippen molar-refractivity contribution >= 4 is 21.7 Å². The molecule has 4 rings (SSSR count). The standard InChI is InChI=1S/C21H21FN4O5S/c1-12-4-2-3-9-26(12)17-8-6-14(11-18(17)32(23,29)30)20-24-19(25-31-20)13-5-7-15(21(27)28)16(22)10-13/h5-8,10-12H,2-4,9H2,1H3,(H,27,28)(H2,23,29,30). The van der Waals surface area contributed by atoms with Gasteiger partial charge in [0.2, 0.25) is 15.8 Å². The Morgan fingerprint density at radius 2 is 1.97 bits per heavy atom. The van der Waals surface area contributed by atoms with Crippen LogP contribution in [-0.2, 0) is 10.0 Å². The van der Waals surface area contributed by atoms with Gasteiger partial charge in [-0.25, -0.2) is 22.7 Å². The Morgan fingerprint density at radius 3 is 2.62 bits per heavy atom. The van der Waals surface area contributed by atoms with Gasteiger partial charge in [-0.2, -0.15) is 4.98 Å². The zero-order valence-electron chi connectivity index (χ0n) is 17.2. The number of aromatic nitrogens is 2.